The van der Waals surface area contributed by atoms with Crippen LogP contribution in [0.3, 0.4) is 0 Å². The van der Waals surface area contributed by atoms with Crippen molar-refractivity contribution < 1.29 is 4.39 Å². The fourth-order valence-electron chi connectivity index (χ4n) is 1.69. The molecule has 0 aliphatic rings. The van der Waals surface area contributed by atoms with Gasteiger partial charge in [0.15, 0.2) is 5.65 Å². The van der Waals surface area contributed by atoms with Crippen LogP contribution < -0.4 is 0 Å². The molecule has 4 heteroatoms. The van der Waals surface area contributed by atoms with Gasteiger partial charge in [0.1, 0.15) is 5.82 Å². The molecule has 3 nitrogen and oxygen atoms in total. The van der Waals surface area contributed by atoms with E-state index in [4.69, 9.17) is 0 Å². The zero-order chi connectivity index (χ0) is 11.0. The Morgan fingerprint density at radius 3 is 2.69 bits per heavy atom. The summed E-state index contributed by atoms with van der Waals surface area (Å²) in [6.45, 7) is 0. The minimum atomic E-state index is -0.245. The second kappa shape index (κ2) is 3.41. The first-order valence-electron chi connectivity index (χ1n) is 4.89. The topological polar surface area (TPSA) is 41.6 Å². The molecule has 3 rings (SSSR count). The van der Waals surface area contributed by atoms with Gasteiger partial charge < -0.3 is 0 Å². The van der Waals surface area contributed by atoms with Gasteiger partial charge in [-0.25, -0.2) is 9.37 Å². The van der Waals surface area contributed by atoms with Crippen molar-refractivity contribution in [1.82, 2.24) is 15.2 Å². The van der Waals surface area contributed by atoms with Crippen LogP contribution in [-0.4, -0.2) is 15.2 Å². The van der Waals surface area contributed by atoms with E-state index in [1.165, 1.54) is 12.1 Å². The number of pyridine rings is 1. The Bertz CT molecular complexity index is 628. The van der Waals surface area contributed by atoms with E-state index in [0.29, 0.717) is 5.65 Å². The highest BCUT2D eigenvalue weighted by atomic mass is 19.1. The SMILES string of the molecule is Fc1ccc(-c2[nH]nc3ncccc23)cc1. The predicted octanol–water partition coefficient (Wildman–Crippen LogP) is 2.76. The van der Waals surface area contributed by atoms with Crippen molar-refractivity contribution in [2.45, 2.75) is 0 Å². The van der Waals surface area contributed by atoms with Crippen LogP contribution in [0, 0.1) is 5.82 Å². The van der Waals surface area contributed by atoms with Crippen LogP contribution in [0.5, 0.6) is 0 Å². The van der Waals surface area contributed by atoms with Crippen LogP contribution in [0.4, 0.5) is 4.39 Å². The first-order chi connectivity index (χ1) is 7.84. The number of hydrogen-bond acceptors (Lipinski definition) is 2. The summed E-state index contributed by atoms with van der Waals surface area (Å²) in [6.07, 6.45) is 1.69. The van der Waals surface area contributed by atoms with Crippen LogP contribution in [-0.2, 0) is 0 Å². The summed E-state index contributed by atoms with van der Waals surface area (Å²) in [4.78, 5) is 4.13. The number of halogens is 1. The smallest absolute Gasteiger partial charge is 0.181 e. The number of aromatic nitrogens is 3. The summed E-state index contributed by atoms with van der Waals surface area (Å²) in [5.41, 5.74) is 2.43. The fourth-order valence-corrected chi connectivity index (χ4v) is 1.69. The first-order valence-corrected chi connectivity index (χ1v) is 4.89. The molecule has 0 aliphatic carbocycles. The molecule has 1 aromatic carbocycles. The standard InChI is InChI=1S/C12H8FN3/c13-9-5-3-8(4-6-9)11-10-2-1-7-14-12(10)16-15-11/h1-7H,(H,14,15,16). The molecule has 0 spiro atoms. The minimum Gasteiger partial charge on any atom is -0.275 e. The van der Waals surface area contributed by atoms with E-state index in [1.807, 2.05) is 12.1 Å². The van der Waals surface area contributed by atoms with Crippen molar-refractivity contribution in [3.63, 3.8) is 0 Å². The zero-order valence-corrected chi connectivity index (χ0v) is 8.31. The third-order valence-electron chi connectivity index (χ3n) is 2.46. The number of hydrogen-bond donors (Lipinski definition) is 1. The maximum atomic E-state index is 12.8. The largest absolute Gasteiger partial charge is 0.275 e. The molecule has 0 saturated carbocycles. The summed E-state index contributed by atoms with van der Waals surface area (Å²) in [5.74, 6) is -0.245. The van der Waals surface area contributed by atoms with Gasteiger partial charge in [-0.05, 0) is 36.4 Å². The second-order valence-electron chi connectivity index (χ2n) is 3.48. The lowest BCUT2D eigenvalue weighted by molar-refractivity contribution is 0.628. The second-order valence-corrected chi connectivity index (χ2v) is 3.48. The average molecular weight is 213 g/mol. The quantitative estimate of drug-likeness (QED) is 0.675. The number of H-pyrrole nitrogens is 1. The molecule has 3 aromatic rings. The van der Waals surface area contributed by atoms with Gasteiger partial charge in [-0.15, -0.1) is 0 Å². The van der Waals surface area contributed by atoms with Crippen LogP contribution >= 0.6 is 0 Å². The van der Waals surface area contributed by atoms with E-state index in [9.17, 15) is 4.39 Å². The number of rotatable bonds is 1. The average Bonchev–Trinajstić information content (AvgIpc) is 2.74. The van der Waals surface area contributed by atoms with Gasteiger partial charge in [-0.2, -0.15) is 5.10 Å². The summed E-state index contributed by atoms with van der Waals surface area (Å²) in [6, 6.07) is 10.1. The molecule has 0 atom stereocenters. The molecule has 16 heavy (non-hydrogen) atoms. The Balaban J connectivity index is 2.22. The first kappa shape index (κ1) is 9.03. The summed E-state index contributed by atoms with van der Waals surface area (Å²) < 4.78 is 12.8. The molecular formula is C12H8FN3. The van der Waals surface area contributed by atoms with Crippen LogP contribution in [0.15, 0.2) is 42.6 Å². The normalized spacial score (nSPS) is 10.8. The number of nitrogens with zero attached hydrogens (tertiary/aromatic N) is 2. The van der Waals surface area contributed by atoms with Crippen molar-refractivity contribution in [1.29, 1.82) is 0 Å². The van der Waals surface area contributed by atoms with Crippen molar-refractivity contribution >= 4 is 11.0 Å². The Morgan fingerprint density at radius 1 is 1.06 bits per heavy atom. The molecule has 0 saturated heterocycles. The highest BCUT2D eigenvalue weighted by molar-refractivity contribution is 5.90. The molecule has 0 unspecified atom stereocenters. The third kappa shape index (κ3) is 1.35. The maximum absolute atomic E-state index is 12.8. The number of benzene rings is 1. The molecule has 0 radical (unpaired) electrons. The lowest BCUT2D eigenvalue weighted by Gasteiger charge is -1.97. The van der Waals surface area contributed by atoms with E-state index >= 15 is 0 Å². The highest BCUT2D eigenvalue weighted by Gasteiger charge is 2.07. The maximum Gasteiger partial charge on any atom is 0.181 e. The zero-order valence-electron chi connectivity index (χ0n) is 8.31. The summed E-state index contributed by atoms with van der Waals surface area (Å²) >= 11 is 0. The molecule has 0 fully saturated rings. The Morgan fingerprint density at radius 2 is 1.88 bits per heavy atom. The monoisotopic (exact) mass is 213 g/mol. The number of nitrogens with one attached hydrogen (secondary N) is 1. The van der Waals surface area contributed by atoms with E-state index in [1.54, 1.807) is 18.3 Å². The lowest BCUT2D eigenvalue weighted by atomic mass is 10.1. The summed E-state index contributed by atoms with van der Waals surface area (Å²) in [5, 5.41) is 7.94. The van der Waals surface area contributed by atoms with Gasteiger partial charge in [0, 0.05) is 17.1 Å². The predicted molar refractivity (Wildman–Crippen MR) is 59.3 cm³/mol. The Hall–Kier alpha value is -2.23. The van der Waals surface area contributed by atoms with Crippen LogP contribution in [0.1, 0.15) is 0 Å². The van der Waals surface area contributed by atoms with Crippen molar-refractivity contribution in [2.24, 2.45) is 0 Å². The molecule has 0 aliphatic heterocycles. The van der Waals surface area contributed by atoms with E-state index in [0.717, 1.165) is 16.6 Å². The van der Waals surface area contributed by atoms with Crippen molar-refractivity contribution in [2.75, 3.05) is 0 Å². The van der Waals surface area contributed by atoms with Crippen LogP contribution in [0.2, 0.25) is 0 Å². The van der Waals surface area contributed by atoms with Crippen molar-refractivity contribution in [3.05, 3.63) is 48.4 Å². The number of aromatic amines is 1. The lowest BCUT2D eigenvalue weighted by Crippen LogP contribution is -1.79. The van der Waals surface area contributed by atoms with Gasteiger partial charge in [-0.3, -0.25) is 5.10 Å². The molecule has 78 valence electrons. The van der Waals surface area contributed by atoms with E-state index < -0.39 is 0 Å². The Kier molecular flexibility index (Phi) is 1.93. The third-order valence-corrected chi connectivity index (χ3v) is 2.46. The van der Waals surface area contributed by atoms with Gasteiger partial charge >= 0.3 is 0 Å². The van der Waals surface area contributed by atoms with Gasteiger partial charge in [-0.1, -0.05) is 0 Å². The molecule has 1 N–H and O–H groups in total. The molecular weight excluding hydrogens is 205 g/mol. The van der Waals surface area contributed by atoms with E-state index in [2.05, 4.69) is 15.2 Å². The van der Waals surface area contributed by atoms with Crippen LogP contribution in [0.25, 0.3) is 22.3 Å². The minimum absolute atomic E-state index is 0.245. The van der Waals surface area contributed by atoms with Crippen molar-refractivity contribution in [3.8, 4) is 11.3 Å². The van der Waals surface area contributed by atoms with Gasteiger partial charge in [0.05, 0.1) is 5.69 Å². The number of fused-ring (bicyclic) bond motifs is 1. The van der Waals surface area contributed by atoms with Gasteiger partial charge in [0.2, 0.25) is 0 Å². The molecule has 0 amide bonds. The highest BCUT2D eigenvalue weighted by Crippen LogP contribution is 2.24. The fraction of sp³-hybridized carbons (Fsp3) is 0. The molecule has 2 aromatic heterocycles. The van der Waals surface area contributed by atoms with Gasteiger partial charge in [0.25, 0.3) is 0 Å². The summed E-state index contributed by atoms with van der Waals surface area (Å²) in [7, 11) is 0. The Labute approximate surface area is 91.0 Å². The molecule has 2 heterocycles. The van der Waals surface area contributed by atoms with E-state index in [-0.39, 0.29) is 5.82 Å². The molecule has 0 bridgehead atoms.